The van der Waals surface area contributed by atoms with Gasteiger partial charge in [0.15, 0.2) is 0 Å². The van der Waals surface area contributed by atoms with Crippen LogP contribution in [0.25, 0.3) is 0 Å². The molecule has 0 aliphatic heterocycles. The maximum atomic E-state index is 12.4. The van der Waals surface area contributed by atoms with Crippen molar-refractivity contribution >= 4 is 5.69 Å². The zero-order valence-corrected chi connectivity index (χ0v) is 9.83. The lowest BCUT2D eigenvalue weighted by molar-refractivity contribution is -0.137. The highest BCUT2D eigenvalue weighted by Crippen LogP contribution is 2.28. The van der Waals surface area contributed by atoms with Gasteiger partial charge in [-0.1, -0.05) is 11.8 Å². The minimum absolute atomic E-state index is 0.532. The van der Waals surface area contributed by atoms with Crippen molar-refractivity contribution in [3.8, 4) is 11.8 Å². The quantitative estimate of drug-likeness (QED) is 0.568. The number of hydrogen-bond donors (Lipinski definition) is 1. The Bertz CT molecular complexity index is 614. The molecule has 2 rings (SSSR count). The zero-order valence-electron chi connectivity index (χ0n) is 9.83. The molecule has 0 aliphatic rings. The minimum Gasteiger partial charge on any atom is -0.399 e. The van der Waals surface area contributed by atoms with Gasteiger partial charge in [-0.25, -0.2) is 0 Å². The maximum Gasteiger partial charge on any atom is 0.416 e. The first kappa shape index (κ1) is 13.0. The first-order chi connectivity index (χ1) is 8.95. The smallest absolute Gasteiger partial charge is 0.399 e. The highest BCUT2D eigenvalue weighted by atomic mass is 19.4. The van der Waals surface area contributed by atoms with Crippen molar-refractivity contribution in [3.05, 3.63) is 65.2 Å². The number of rotatable bonds is 0. The molecule has 0 spiro atoms. The summed E-state index contributed by atoms with van der Waals surface area (Å²) in [5, 5.41) is 0. The summed E-state index contributed by atoms with van der Waals surface area (Å²) in [5.74, 6) is 5.66. The second-order valence-electron chi connectivity index (χ2n) is 3.95. The molecular formula is C15H10F3N. The summed E-state index contributed by atoms with van der Waals surface area (Å²) in [5.41, 5.74) is 6.79. The summed E-state index contributed by atoms with van der Waals surface area (Å²) in [7, 11) is 0. The van der Waals surface area contributed by atoms with Crippen molar-refractivity contribution in [1.82, 2.24) is 0 Å². The van der Waals surface area contributed by atoms with Crippen LogP contribution in [-0.4, -0.2) is 0 Å². The minimum atomic E-state index is -4.32. The molecule has 96 valence electrons. The van der Waals surface area contributed by atoms with E-state index in [2.05, 4.69) is 11.8 Å². The summed E-state index contributed by atoms with van der Waals surface area (Å²) in [6.07, 6.45) is -4.32. The van der Waals surface area contributed by atoms with Gasteiger partial charge in [-0.15, -0.1) is 0 Å². The lowest BCUT2D eigenvalue weighted by atomic mass is 10.1. The van der Waals surface area contributed by atoms with Crippen molar-refractivity contribution < 1.29 is 13.2 Å². The van der Waals surface area contributed by atoms with Gasteiger partial charge in [-0.2, -0.15) is 13.2 Å². The highest BCUT2D eigenvalue weighted by Gasteiger charge is 2.29. The highest BCUT2D eigenvalue weighted by molar-refractivity contribution is 5.48. The van der Waals surface area contributed by atoms with Crippen molar-refractivity contribution in [3.63, 3.8) is 0 Å². The number of anilines is 1. The number of halogens is 3. The Morgan fingerprint density at radius 1 is 0.737 bits per heavy atom. The number of nitrogen functional groups attached to an aromatic ring is 1. The zero-order chi connectivity index (χ0) is 13.9. The molecule has 2 N–H and O–H groups in total. The van der Waals surface area contributed by atoms with E-state index in [1.165, 1.54) is 12.1 Å². The van der Waals surface area contributed by atoms with Gasteiger partial charge in [0.2, 0.25) is 0 Å². The van der Waals surface area contributed by atoms with Gasteiger partial charge in [0.1, 0.15) is 0 Å². The second-order valence-corrected chi connectivity index (χ2v) is 3.95. The lowest BCUT2D eigenvalue weighted by Crippen LogP contribution is -2.04. The molecule has 0 heterocycles. The fraction of sp³-hybridized carbons (Fsp3) is 0.0667. The summed E-state index contributed by atoms with van der Waals surface area (Å²) in [6, 6.07) is 11.7. The van der Waals surface area contributed by atoms with Crippen LogP contribution >= 0.6 is 0 Å². The Kier molecular flexibility index (Phi) is 3.48. The standard InChI is InChI=1S/C15H10F3N/c16-15(17,18)13-7-3-11(4-8-13)1-2-12-5-9-14(19)10-6-12/h3-10H,19H2. The first-order valence-corrected chi connectivity index (χ1v) is 5.50. The van der Waals surface area contributed by atoms with E-state index in [0.29, 0.717) is 11.3 Å². The Hall–Kier alpha value is -2.41. The summed E-state index contributed by atoms with van der Waals surface area (Å²) >= 11 is 0. The van der Waals surface area contributed by atoms with E-state index in [4.69, 9.17) is 5.73 Å². The second kappa shape index (κ2) is 5.07. The van der Waals surface area contributed by atoms with E-state index in [1.807, 2.05) is 0 Å². The number of hydrogen-bond acceptors (Lipinski definition) is 1. The van der Waals surface area contributed by atoms with Crippen molar-refractivity contribution in [2.24, 2.45) is 0 Å². The van der Waals surface area contributed by atoms with E-state index in [9.17, 15) is 13.2 Å². The van der Waals surface area contributed by atoms with Crippen molar-refractivity contribution in [1.29, 1.82) is 0 Å². The van der Waals surface area contributed by atoms with E-state index >= 15 is 0 Å². The molecule has 4 heteroatoms. The fourth-order valence-electron chi connectivity index (χ4n) is 1.45. The molecule has 0 radical (unpaired) electrons. The van der Waals surface area contributed by atoms with E-state index in [-0.39, 0.29) is 0 Å². The van der Waals surface area contributed by atoms with Crippen LogP contribution in [0, 0.1) is 11.8 Å². The lowest BCUT2D eigenvalue weighted by Gasteiger charge is -2.05. The van der Waals surface area contributed by atoms with Gasteiger partial charge in [-0.3, -0.25) is 0 Å². The predicted molar refractivity (Wildman–Crippen MR) is 68.3 cm³/mol. The van der Waals surface area contributed by atoms with Gasteiger partial charge in [0, 0.05) is 16.8 Å². The number of alkyl halides is 3. The van der Waals surface area contributed by atoms with E-state index in [1.54, 1.807) is 24.3 Å². The normalized spacial score (nSPS) is 10.7. The van der Waals surface area contributed by atoms with Gasteiger partial charge >= 0.3 is 6.18 Å². The molecule has 0 amide bonds. The number of benzene rings is 2. The molecule has 2 aromatic carbocycles. The third-order valence-electron chi connectivity index (χ3n) is 2.47. The van der Waals surface area contributed by atoms with E-state index < -0.39 is 11.7 Å². The van der Waals surface area contributed by atoms with Crippen molar-refractivity contribution in [2.75, 3.05) is 5.73 Å². The van der Waals surface area contributed by atoms with Crippen LogP contribution < -0.4 is 5.73 Å². The van der Waals surface area contributed by atoms with Crippen LogP contribution in [0.5, 0.6) is 0 Å². The van der Waals surface area contributed by atoms with Crippen molar-refractivity contribution in [2.45, 2.75) is 6.18 Å². The fourth-order valence-corrected chi connectivity index (χ4v) is 1.45. The Morgan fingerprint density at radius 3 is 1.58 bits per heavy atom. The molecule has 0 unspecified atom stereocenters. The van der Waals surface area contributed by atoms with Crippen LogP contribution in [0.1, 0.15) is 16.7 Å². The largest absolute Gasteiger partial charge is 0.416 e. The molecule has 0 aromatic heterocycles. The first-order valence-electron chi connectivity index (χ1n) is 5.50. The van der Waals surface area contributed by atoms with Crippen LogP contribution in [0.3, 0.4) is 0 Å². The summed E-state index contributed by atoms with van der Waals surface area (Å²) < 4.78 is 37.1. The van der Waals surface area contributed by atoms with Gasteiger partial charge in [0.25, 0.3) is 0 Å². The maximum absolute atomic E-state index is 12.4. The van der Waals surface area contributed by atoms with Crippen LogP contribution in [0.2, 0.25) is 0 Å². The summed E-state index contributed by atoms with van der Waals surface area (Å²) in [4.78, 5) is 0. The molecule has 0 aliphatic carbocycles. The molecule has 1 nitrogen and oxygen atoms in total. The molecular weight excluding hydrogens is 251 g/mol. The van der Waals surface area contributed by atoms with Gasteiger partial charge in [0.05, 0.1) is 5.56 Å². The topological polar surface area (TPSA) is 26.0 Å². The van der Waals surface area contributed by atoms with Gasteiger partial charge in [-0.05, 0) is 48.5 Å². The molecule has 0 atom stereocenters. The molecule has 2 aromatic rings. The van der Waals surface area contributed by atoms with E-state index in [0.717, 1.165) is 17.7 Å². The average Bonchev–Trinajstić information content (AvgIpc) is 2.37. The monoisotopic (exact) mass is 261 g/mol. The average molecular weight is 261 g/mol. The summed E-state index contributed by atoms with van der Waals surface area (Å²) in [6.45, 7) is 0. The predicted octanol–water partition coefficient (Wildman–Crippen LogP) is 3.69. The van der Waals surface area contributed by atoms with Crippen LogP contribution in [0.4, 0.5) is 18.9 Å². The Labute approximate surface area is 108 Å². The molecule has 0 saturated heterocycles. The number of nitrogens with two attached hydrogens (primary N) is 1. The van der Waals surface area contributed by atoms with Gasteiger partial charge < -0.3 is 5.73 Å². The third kappa shape index (κ3) is 3.52. The third-order valence-corrected chi connectivity index (χ3v) is 2.47. The van der Waals surface area contributed by atoms with Crippen LogP contribution in [0.15, 0.2) is 48.5 Å². The SMILES string of the molecule is Nc1ccc(C#Cc2ccc(C(F)(F)F)cc2)cc1. The molecule has 0 fully saturated rings. The molecule has 0 bridgehead atoms. The molecule has 19 heavy (non-hydrogen) atoms. The Morgan fingerprint density at radius 2 is 1.16 bits per heavy atom. The Balaban J connectivity index is 2.19. The van der Waals surface area contributed by atoms with Crippen LogP contribution in [-0.2, 0) is 6.18 Å². The molecule has 0 saturated carbocycles.